The standard InChI is InChI=1S/C80H58N8/c1-9-33-63(34-10-1)85(64-35-11-2-12-36-64)71-49-25-29-59(53-71)75-57-76(60-30-26-50-72(54-60)86(65-37-13-3-14-38-65)66-39-15-4-16-40-66)82-79(81-75)80-83-77(61-31-27-51-73(55-61)87(67-41-17-5-18-42-67)68-43-19-6-20-44-68)58-78(84-80)62-32-28-52-74(56-62)88(69-45-21-7-22-46-69)70-47-23-8-24-48-70/h1-58H. The Hall–Kier alpha value is -12.0. The van der Waals surface area contributed by atoms with E-state index in [1.165, 1.54) is 0 Å². The van der Waals surface area contributed by atoms with Gasteiger partial charge in [0.15, 0.2) is 11.6 Å². The van der Waals surface area contributed by atoms with Crippen molar-refractivity contribution >= 4 is 68.2 Å². The summed E-state index contributed by atoms with van der Waals surface area (Å²) in [5.74, 6) is 0.741. The number of benzene rings is 12. The Bertz CT molecular complexity index is 3870. The summed E-state index contributed by atoms with van der Waals surface area (Å²) in [5, 5.41) is 0. The van der Waals surface area contributed by atoms with Gasteiger partial charge in [0, 0.05) is 90.5 Å². The number of hydrogen-bond donors (Lipinski definition) is 0. The van der Waals surface area contributed by atoms with Crippen molar-refractivity contribution in [2.75, 3.05) is 19.6 Å². The molecule has 0 aliphatic rings. The molecule has 0 N–H and O–H groups in total. The Labute approximate surface area is 513 Å². The summed E-state index contributed by atoms with van der Waals surface area (Å²) in [6.45, 7) is 0. The third kappa shape index (κ3) is 11.6. The van der Waals surface area contributed by atoms with Crippen molar-refractivity contribution in [1.82, 2.24) is 19.9 Å². The molecule has 0 saturated carbocycles. The number of rotatable bonds is 17. The molecule has 0 aliphatic carbocycles. The molecule has 14 aromatic rings. The first-order valence-corrected chi connectivity index (χ1v) is 29.4. The van der Waals surface area contributed by atoms with E-state index in [0.29, 0.717) is 34.4 Å². The predicted molar refractivity (Wildman–Crippen MR) is 364 cm³/mol. The summed E-state index contributed by atoms with van der Waals surface area (Å²) < 4.78 is 0. The fourth-order valence-electron chi connectivity index (χ4n) is 11.3. The molecule has 0 radical (unpaired) electrons. The molecule has 2 heterocycles. The van der Waals surface area contributed by atoms with Crippen molar-refractivity contribution in [2.45, 2.75) is 0 Å². The second-order valence-corrected chi connectivity index (χ2v) is 21.2. The van der Waals surface area contributed by atoms with Crippen LogP contribution in [0, 0.1) is 0 Å². The lowest BCUT2D eigenvalue weighted by atomic mass is 10.0. The molecule has 14 rings (SSSR count). The lowest BCUT2D eigenvalue weighted by Gasteiger charge is -2.26. The number of anilines is 12. The maximum Gasteiger partial charge on any atom is 0.198 e. The zero-order chi connectivity index (χ0) is 58.9. The van der Waals surface area contributed by atoms with Crippen molar-refractivity contribution in [2.24, 2.45) is 0 Å². The molecular formula is C80H58N8. The Morgan fingerprint density at radius 2 is 0.307 bits per heavy atom. The van der Waals surface area contributed by atoms with Crippen LogP contribution in [0.3, 0.4) is 0 Å². The van der Waals surface area contributed by atoms with E-state index in [4.69, 9.17) is 19.9 Å². The number of hydrogen-bond acceptors (Lipinski definition) is 8. The monoisotopic (exact) mass is 1130 g/mol. The third-order valence-electron chi connectivity index (χ3n) is 15.4. The van der Waals surface area contributed by atoms with E-state index >= 15 is 0 Å². The highest BCUT2D eigenvalue weighted by Gasteiger charge is 2.22. The second kappa shape index (κ2) is 25.1. The van der Waals surface area contributed by atoms with Crippen LogP contribution >= 0.6 is 0 Å². The van der Waals surface area contributed by atoms with Gasteiger partial charge in [-0.1, -0.05) is 194 Å². The first kappa shape index (κ1) is 54.0. The molecule has 0 unspecified atom stereocenters. The summed E-state index contributed by atoms with van der Waals surface area (Å²) in [6, 6.07) is 122. The van der Waals surface area contributed by atoms with Gasteiger partial charge in [0.25, 0.3) is 0 Å². The minimum atomic E-state index is 0.370. The number of nitrogens with zero attached hydrogens (tertiary/aromatic N) is 8. The summed E-state index contributed by atoms with van der Waals surface area (Å²) in [6.07, 6.45) is 0. The Balaban J connectivity index is 0.980. The minimum absolute atomic E-state index is 0.370. The van der Waals surface area contributed by atoms with Gasteiger partial charge in [-0.3, -0.25) is 0 Å². The van der Waals surface area contributed by atoms with Gasteiger partial charge < -0.3 is 19.6 Å². The van der Waals surface area contributed by atoms with Crippen LogP contribution in [0.2, 0.25) is 0 Å². The highest BCUT2D eigenvalue weighted by atomic mass is 15.2. The Morgan fingerprint density at radius 1 is 0.148 bits per heavy atom. The van der Waals surface area contributed by atoms with Crippen molar-refractivity contribution < 1.29 is 0 Å². The van der Waals surface area contributed by atoms with Gasteiger partial charge in [-0.05, 0) is 158 Å². The fourth-order valence-corrected chi connectivity index (χ4v) is 11.3. The van der Waals surface area contributed by atoms with E-state index in [0.717, 1.165) is 90.5 Å². The number of aromatic nitrogens is 4. The smallest absolute Gasteiger partial charge is 0.198 e. The zero-order valence-corrected chi connectivity index (χ0v) is 48.1. The Morgan fingerprint density at radius 3 is 0.477 bits per heavy atom. The van der Waals surface area contributed by atoms with E-state index in [9.17, 15) is 0 Å². The molecule has 8 heteroatoms. The lowest BCUT2D eigenvalue weighted by molar-refractivity contribution is 1.09. The predicted octanol–water partition coefficient (Wildman–Crippen LogP) is 21.5. The molecule has 2 aromatic heterocycles. The molecule has 0 atom stereocenters. The average molecular weight is 1130 g/mol. The van der Waals surface area contributed by atoms with E-state index in [2.05, 4.69) is 323 Å². The maximum absolute atomic E-state index is 5.54. The summed E-state index contributed by atoms with van der Waals surface area (Å²) in [5.41, 5.74) is 18.6. The first-order chi connectivity index (χ1) is 43.6. The van der Waals surface area contributed by atoms with Crippen LogP contribution in [0.25, 0.3) is 56.7 Å². The molecule has 8 nitrogen and oxygen atoms in total. The van der Waals surface area contributed by atoms with E-state index in [1.807, 2.05) is 48.5 Å². The molecule has 12 aromatic carbocycles. The van der Waals surface area contributed by atoms with Gasteiger partial charge in [-0.25, -0.2) is 19.9 Å². The van der Waals surface area contributed by atoms with E-state index in [-0.39, 0.29) is 0 Å². The SMILES string of the molecule is c1ccc(N(c2ccccc2)c2cccc(-c3cc(-c4cccc(N(c5ccccc5)c5ccccc5)c4)nc(-c4nc(-c5cccc(N(c6ccccc6)c6ccccc6)c5)cc(-c5cccc(N(c6ccccc6)c6ccccc6)c5)n4)n3)c2)cc1. The molecule has 0 saturated heterocycles. The largest absolute Gasteiger partial charge is 0.310 e. The summed E-state index contributed by atoms with van der Waals surface area (Å²) in [7, 11) is 0. The number of para-hydroxylation sites is 8. The van der Waals surface area contributed by atoms with Crippen LogP contribution in [-0.4, -0.2) is 19.9 Å². The highest BCUT2D eigenvalue weighted by Crippen LogP contribution is 2.42. The van der Waals surface area contributed by atoms with Crippen molar-refractivity contribution in [3.63, 3.8) is 0 Å². The van der Waals surface area contributed by atoms with Crippen LogP contribution in [0.5, 0.6) is 0 Å². The molecule has 88 heavy (non-hydrogen) atoms. The molecule has 0 amide bonds. The molecule has 0 fully saturated rings. The van der Waals surface area contributed by atoms with E-state index < -0.39 is 0 Å². The molecule has 0 spiro atoms. The average Bonchev–Trinajstić information content (AvgIpc) is 3.73. The van der Waals surface area contributed by atoms with Crippen LogP contribution in [-0.2, 0) is 0 Å². The molecular weight excluding hydrogens is 1070 g/mol. The molecule has 418 valence electrons. The lowest BCUT2D eigenvalue weighted by Crippen LogP contribution is -2.10. The van der Waals surface area contributed by atoms with Crippen molar-refractivity contribution in [3.05, 3.63) is 352 Å². The van der Waals surface area contributed by atoms with Crippen LogP contribution in [0.1, 0.15) is 0 Å². The summed E-state index contributed by atoms with van der Waals surface area (Å²) in [4.78, 5) is 31.2. The van der Waals surface area contributed by atoms with Gasteiger partial charge in [-0.15, -0.1) is 0 Å². The van der Waals surface area contributed by atoms with E-state index in [1.54, 1.807) is 0 Å². The van der Waals surface area contributed by atoms with Gasteiger partial charge >= 0.3 is 0 Å². The normalized spacial score (nSPS) is 11.0. The fraction of sp³-hybridized carbons (Fsp3) is 0. The first-order valence-electron chi connectivity index (χ1n) is 29.4. The van der Waals surface area contributed by atoms with Crippen LogP contribution in [0.15, 0.2) is 352 Å². The third-order valence-corrected chi connectivity index (χ3v) is 15.4. The van der Waals surface area contributed by atoms with Crippen molar-refractivity contribution in [3.8, 4) is 56.7 Å². The van der Waals surface area contributed by atoms with Crippen LogP contribution in [0.4, 0.5) is 68.2 Å². The van der Waals surface area contributed by atoms with Gasteiger partial charge in [0.1, 0.15) is 0 Å². The maximum atomic E-state index is 5.54. The Kier molecular flexibility index (Phi) is 15.4. The van der Waals surface area contributed by atoms with Crippen molar-refractivity contribution in [1.29, 1.82) is 0 Å². The van der Waals surface area contributed by atoms with Gasteiger partial charge in [0.2, 0.25) is 0 Å². The topological polar surface area (TPSA) is 64.5 Å². The second-order valence-electron chi connectivity index (χ2n) is 21.2. The minimum Gasteiger partial charge on any atom is -0.310 e. The molecule has 0 aliphatic heterocycles. The highest BCUT2D eigenvalue weighted by molar-refractivity contribution is 5.86. The summed E-state index contributed by atoms with van der Waals surface area (Å²) >= 11 is 0. The van der Waals surface area contributed by atoms with Gasteiger partial charge in [-0.2, -0.15) is 0 Å². The van der Waals surface area contributed by atoms with Gasteiger partial charge in [0.05, 0.1) is 22.8 Å². The molecule has 0 bridgehead atoms. The zero-order valence-electron chi connectivity index (χ0n) is 48.1. The quantitative estimate of drug-likeness (QED) is 0.0894. The van der Waals surface area contributed by atoms with Crippen LogP contribution < -0.4 is 19.6 Å².